The van der Waals surface area contributed by atoms with Gasteiger partial charge in [-0.15, -0.1) is 0 Å². The Kier molecular flexibility index (Phi) is 7.52. The van der Waals surface area contributed by atoms with Crippen molar-refractivity contribution in [3.8, 4) is 44.6 Å². The number of anilines is 3. The fourth-order valence-electron chi connectivity index (χ4n) is 8.51. The monoisotopic (exact) mass is 690 g/mol. The van der Waals surface area contributed by atoms with Crippen molar-refractivity contribution in [3.05, 3.63) is 205 Å². The molecular weight excluding hydrogens is 653 g/mol. The number of nitrogens with zero attached hydrogens (tertiary/aromatic N) is 2. The lowest BCUT2D eigenvalue weighted by Gasteiger charge is -2.28. The highest BCUT2D eigenvalue weighted by molar-refractivity contribution is 6.11. The molecule has 8 aromatic carbocycles. The molecule has 0 amide bonds. The van der Waals surface area contributed by atoms with E-state index in [4.69, 9.17) is 4.98 Å². The Hall–Kier alpha value is -6.77. The van der Waals surface area contributed by atoms with Gasteiger partial charge in [-0.25, -0.2) is 4.98 Å². The van der Waals surface area contributed by atoms with E-state index in [9.17, 15) is 0 Å². The summed E-state index contributed by atoms with van der Waals surface area (Å²) in [5.41, 5.74) is 16.5. The minimum Gasteiger partial charge on any atom is -0.310 e. The molecule has 0 spiro atoms. The maximum absolute atomic E-state index is 5.21. The number of hydrogen-bond acceptors (Lipinski definition) is 2. The quantitative estimate of drug-likeness (QED) is 0.161. The zero-order valence-electron chi connectivity index (χ0n) is 30.4. The fraction of sp³-hybridized carbons (Fsp3) is 0.0577. The van der Waals surface area contributed by atoms with Crippen LogP contribution in [0, 0.1) is 0 Å². The molecular formula is C52H38N2. The van der Waals surface area contributed by atoms with Crippen molar-refractivity contribution in [1.82, 2.24) is 4.98 Å². The summed E-state index contributed by atoms with van der Waals surface area (Å²) in [6.45, 7) is 4.70. The SMILES string of the molecule is CC1(C)c2ccccc2-c2ccc(N(c3ccc(-c4ccccc4)cc3)c3cccc(-c4cccc(-c5nc6ccccc6c6ccccc56)c4)c3)cc21. The first-order chi connectivity index (χ1) is 26.5. The number of para-hydroxylation sites is 1. The molecule has 54 heavy (non-hydrogen) atoms. The molecule has 0 saturated heterocycles. The van der Waals surface area contributed by atoms with Gasteiger partial charge in [0.1, 0.15) is 0 Å². The maximum atomic E-state index is 5.21. The highest BCUT2D eigenvalue weighted by Crippen LogP contribution is 2.51. The molecule has 0 aliphatic heterocycles. The first-order valence-electron chi connectivity index (χ1n) is 18.7. The first kappa shape index (κ1) is 31.9. The van der Waals surface area contributed by atoms with E-state index in [0.29, 0.717) is 0 Å². The van der Waals surface area contributed by atoms with Crippen molar-refractivity contribution in [2.45, 2.75) is 19.3 Å². The molecule has 1 heterocycles. The number of benzene rings is 8. The van der Waals surface area contributed by atoms with Gasteiger partial charge in [0.2, 0.25) is 0 Å². The topological polar surface area (TPSA) is 16.1 Å². The van der Waals surface area contributed by atoms with Crippen LogP contribution in [0.3, 0.4) is 0 Å². The second kappa shape index (κ2) is 12.7. The molecule has 0 saturated carbocycles. The lowest BCUT2D eigenvalue weighted by Crippen LogP contribution is -2.16. The predicted molar refractivity (Wildman–Crippen MR) is 228 cm³/mol. The van der Waals surface area contributed by atoms with E-state index in [1.165, 1.54) is 44.2 Å². The van der Waals surface area contributed by atoms with Crippen molar-refractivity contribution in [2.24, 2.45) is 0 Å². The van der Waals surface area contributed by atoms with Gasteiger partial charge in [0.15, 0.2) is 0 Å². The van der Waals surface area contributed by atoms with Crippen LogP contribution in [0.15, 0.2) is 194 Å². The zero-order valence-corrected chi connectivity index (χ0v) is 30.4. The van der Waals surface area contributed by atoms with E-state index < -0.39 is 0 Å². The molecule has 1 aromatic heterocycles. The van der Waals surface area contributed by atoms with Crippen LogP contribution in [0.5, 0.6) is 0 Å². The van der Waals surface area contributed by atoms with Gasteiger partial charge in [-0.2, -0.15) is 0 Å². The molecule has 0 bridgehead atoms. The Morgan fingerprint density at radius 1 is 0.370 bits per heavy atom. The van der Waals surface area contributed by atoms with Gasteiger partial charge in [-0.1, -0.05) is 159 Å². The molecule has 1 aliphatic rings. The summed E-state index contributed by atoms with van der Waals surface area (Å²) >= 11 is 0. The largest absolute Gasteiger partial charge is 0.310 e. The molecule has 256 valence electrons. The van der Waals surface area contributed by atoms with Gasteiger partial charge < -0.3 is 4.90 Å². The number of hydrogen-bond donors (Lipinski definition) is 0. The van der Waals surface area contributed by atoms with Crippen molar-refractivity contribution in [2.75, 3.05) is 4.90 Å². The van der Waals surface area contributed by atoms with E-state index in [-0.39, 0.29) is 5.41 Å². The molecule has 0 fully saturated rings. The van der Waals surface area contributed by atoms with Gasteiger partial charge in [0.25, 0.3) is 0 Å². The van der Waals surface area contributed by atoms with Gasteiger partial charge in [0.05, 0.1) is 11.2 Å². The Balaban J connectivity index is 1.10. The molecule has 2 heteroatoms. The Morgan fingerprint density at radius 3 is 1.78 bits per heavy atom. The summed E-state index contributed by atoms with van der Waals surface area (Å²) in [6.07, 6.45) is 0. The van der Waals surface area contributed by atoms with Crippen LogP contribution in [-0.4, -0.2) is 4.98 Å². The highest BCUT2D eigenvalue weighted by atomic mass is 15.1. The Bertz CT molecular complexity index is 2850. The lowest BCUT2D eigenvalue weighted by molar-refractivity contribution is 0.660. The molecule has 0 atom stereocenters. The van der Waals surface area contributed by atoms with Crippen LogP contribution in [0.1, 0.15) is 25.0 Å². The van der Waals surface area contributed by atoms with Crippen LogP contribution >= 0.6 is 0 Å². The van der Waals surface area contributed by atoms with Crippen LogP contribution in [0.2, 0.25) is 0 Å². The maximum Gasteiger partial charge on any atom is 0.0788 e. The smallest absolute Gasteiger partial charge is 0.0788 e. The minimum atomic E-state index is -0.103. The van der Waals surface area contributed by atoms with E-state index in [0.717, 1.165) is 50.3 Å². The van der Waals surface area contributed by atoms with Crippen molar-refractivity contribution < 1.29 is 0 Å². The lowest BCUT2D eigenvalue weighted by atomic mass is 9.82. The summed E-state index contributed by atoms with van der Waals surface area (Å²) in [5.74, 6) is 0. The third kappa shape index (κ3) is 5.30. The third-order valence-electron chi connectivity index (χ3n) is 11.2. The summed E-state index contributed by atoms with van der Waals surface area (Å²) in [7, 11) is 0. The summed E-state index contributed by atoms with van der Waals surface area (Å²) in [6, 6.07) is 70.2. The van der Waals surface area contributed by atoms with Crippen LogP contribution in [0.4, 0.5) is 17.1 Å². The van der Waals surface area contributed by atoms with Crippen molar-refractivity contribution in [1.29, 1.82) is 0 Å². The fourth-order valence-corrected chi connectivity index (χ4v) is 8.51. The molecule has 0 N–H and O–H groups in total. The van der Waals surface area contributed by atoms with E-state index in [1.807, 2.05) is 0 Å². The average Bonchev–Trinajstić information content (AvgIpc) is 3.46. The van der Waals surface area contributed by atoms with Crippen molar-refractivity contribution in [3.63, 3.8) is 0 Å². The highest BCUT2D eigenvalue weighted by Gasteiger charge is 2.35. The van der Waals surface area contributed by atoms with Crippen LogP contribution < -0.4 is 4.90 Å². The number of aromatic nitrogens is 1. The van der Waals surface area contributed by atoms with E-state index in [2.05, 4.69) is 213 Å². The molecule has 0 radical (unpaired) electrons. The first-order valence-corrected chi connectivity index (χ1v) is 18.7. The molecule has 0 unspecified atom stereocenters. The van der Waals surface area contributed by atoms with Crippen LogP contribution in [0.25, 0.3) is 66.3 Å². The standard InChI is InChI=1S/C52H38N2/c1-52(2)48-24-10-8-21-44(48)45-31-30-42(34-49(45)52)54(40-28-26-36(27-29-40)35-14-4-3-5-15-35)41-19-13-17-38(33-41)37-16-12-18-39(32-37)51-47-23-7-6-20-43(47)46-22-9-11-25-50(46)53-51/h3-34H,1-2H3. The number of pyridine rings is 1. The van der Waals surface area contributed by atoms with E-state index >= 15 is 0 Å². The third-order valence-corrected chi connectivity index (χ3v) is 11.2. The predicted octanol–water partition coefficient (Wildman–Crippen LogP) is 14.2. The second-order valence-corrected chi connectivity index (χ2v) is 14.8. The normalized spacial score (nSPS) is 12.8. The zero-order chi connectivity index (χ0) is 36.2. The Labute approximate surface area is 316 Å². The summed E-state index contributed by atoms with van der Waals surface area (Å²) in [4.78, 5) is 7.61. The van der Waals surface area contributed by atoms with Crippen molar-refractivity contribution >= 4 is 38.7 Å². The number of rotatable bonds is 6. The van der Waals surface area contributed by atoms with Gasteiger partial charge >= 0.3 is 0 Å². The van der Waals surface area contributed by atoms with Crippen LogP contribution in [-0.2, 0) is 5.41 Å². The van der Waals surface area contributed by atoms with Gasteiger partial charge in [-0.05, 0) is 98.4 Å². The number of fused-ring (bicyclic) bond motifs is 6. The average molecular weight is 691 g/mol. The Morgan fingerprint density at radius 2 is 0.944 bits per heavy atom. The molecule has 10 rings (SSSR count). The van der Waals surface area contributed by atoms with Gasteiger partial charge in [0, 0.05) is 38.8 Å². The summed E-state index contributed by atoms with van der Waals surface area (Å²) < 4.78 is 0. The second-order valence-electron chi connectivity index (χ2n) is 14.8. The van der Waals surface area contributed by atoms with E-state index in [1.54, 1.807) is 0 Å². The van der Waals surface area contributed by atoms with Gasteiger partial charge in [-0.3, -0.25) is 0 Å². The molecule has 1 aliphatic carbocycles. The minimum absolute atomic E-state index is 0.103. The molecule has 9 aromatic rings. The summed E-state index contributed by atoms with van der Waals surface area (Å²) in [5, 5.41) is 3.56. The molecule has 2 nitrogen and oxygen atoms in total.